The fourth-order valence-electron chi connectivity index (χ4n) is 6.16. The number of ether oxygens (including phenoxy) is 3. The molecule has 0 bridgehead atoms. The maximum Gasteiger partial charge on any atom is 0.407 e. The van der Waals surface area contributed by atoms with Crippen molar-refractivity contribution in [3.8, 4) is 0 Å². The van der Waals surface area contributed by atoms with Crippen LogP contribution in [0.25, 0.3) is 5.57 Å². The van der Waals surface area contributed by atoms with Crippen LogP contribution >= 0.6 is 0 Å². The van der Waals surface area contributed by atoms with Crippen molar-refractivity contribution in [1.29, 1.82) is 0 Å². The number of amides is 2. The van der Waals surface area contributed by atoms with Crippen LogP contribution < -0.4 is 16.0 Å². The number of aliphatic hydroxyl groups is 1. The molecular weight excluding hydrogens is 636 g/mol. The van der Waals surface area contributed by atoms with Crippen LogP contribution in [0.3, 0.4) is 0 Å². The summed E-state index contributed by atoms with van der Waals surface area (Å²) in [4.78, 5) is 25.9. The van der Waals surface area contributed by atoms with Crippen LogP contribution in [0.15, 0.2) is 59.6 Å². The molecule has 48 heavy (non-hydrogen) atoms. The highest BCUT2D eigenvalue weighted by molar-refractivity contribution is 7.89. The highest BCUT2D eigenvalue weighted by atomic mass is 32.2. The van der Waals surface area contributed by atoms with Crippen molar-refractivity contribution in [2.45, 2.75) is 76.4 Å². The lowest BCUT2D eigenvalue weighted by atomic mass is 10.0. The van der Waals surface area contributed by atoms with E-state index in [9.17, 15) is 23.1 Å². The minimum absolute atomic E-state index is 0.0000235. The molecule has 2 aromatic rings. The smallest absolute Gasteiger partial charge is 0.407 e. The van der Waals surface area contributed by atoms with Gasteiger partial charge in [0.15, 0.2) is 6.29 Å². The van der Waals surface area contributed by atoms with Gasteiger partial charge in [-0.2, -0.15) is 4.31 Å². The molecule has 0 spiro atoms. The molecule has 5 rings (SSSR count). The van der Waals surface area contributed by atoms with E-state index < -0.39 is 34.4 Å². The zero-order valence-corrected chi connectivity index (χ0v) is 28.9. The van der Waals surface area contributed by atoms with Crippen molar-refractivity contribution >= 4 is 33.3 Å². The number of aliphatic hydroxyl groups excluding tert-OH is 1. The van der Waals surface area contributed by atoms with Crippen LogP contribution in [-0.4, -0.2) is 87.2 Å². The Bertz CT molecular complexity index is 1570. The number of hydrogen-bond acceptors (Lipinski definition) is 9. The number of nitrogens with zero attached hydrogens (tertiary/aromatic N) is 1. The summed E-state index contributed by atoms with van der Waals surface area (Å²) in [6.45, 7) is 9.26. The molecule has 3 aliphatic heterocycles. The molecule has 3 aliphatic rings. The summed E-state index contributed by atoms with van der Waals surface area (Å²) in [7, 11) is -4.14. The molecule has 262 valence electrons. The van der Waals surface area contributed by atoms with Gasteiger partial charge in [-0.05, 0) is 48.4 Å². The zero-order chi connectivity index (χ0) is 34.4. The third kappa shape index (κ3) is 8.56. The number of hydrogen-bond donors (Lipinski definition) is 4. The van der Waals surface area contributed by atoms with Crippen molar-refractivity contribution in [3.05, 3.63) is 65.9 Å². The van der Waals surface area contributed by atoms with Crippen molar-refractivity contribution in [1.82, 2.24) is 14.9 Å². The maximum absolute atomic E-state index is 14.2. The van der Waals surface area contributed by atoms with Crippen LogP contribution in [0.5, 0.6) is 0 Å². The van der Waals surface area contributed by atoms with Gasteiger partial charge in [0.25, 0.3) is 5.91 Å². The number of carbonyl (C=O) groups excluding carboxylic acids is 2. The second-order valence-corrected chi connectivity index (χ2v) is 15.3. The first-order valence-electron chi connectivity index (χ1n) is 16.8. The summed E-state index contributed by atoms with van der Waals surface area (Å²) in [5.74, 6) is -0.0304. The van der Waals surface area contributed by atoms with E-state index in [1.807, 2.05) is 44.2 Å². The van der Waals surface area contributed by atoms with Crippen molar-refractivity contribution in [3.63, 3.8) is 0 Å². The first-order valence-corrected chi connectivity index (χ1v) is 18.2. The number of nitrogens with one attached hydrogen (secondary N) is 3. The molecule has 13 heteroatoms. The summed E-state index contributed by atoms with van der Waals surface area (Å²) in [6, 6.07) is 13.0. The van der Waals surface area contributed by atoms with Crippen LogP contribution in [0.2, 0.25) is 0 Å². The fraction of sp³-hybridized carbons (Fsp3) is 0.543. The molecule has 6 unspecified atom stereocenters. The minimum Gasteiger partial charge on any atom is -0.443 e. The Morgan fingerprint density at radius 2 is 1.92 bits per heavy atom. The van der Waals surface area contributed by atoms with Gasteiger partial charge in [-0.3, -0.25) is 4.79 Å². The zero-order valence-electron chi connectivity index (χ0n) is 28.1. The number of alkyl carbamates (subject to hydrolysis) is 1. The molecule has 2 saturated heterocycles. The van der Waals surface area contributed by atoms with Gasteiger partial charge in [-0.15, -0.1) is 0 Å². The van der Waals surface area contributed by atoms with Gasteiger partial charge in [0.1, 0.15) is 6.10 Å². The Morgan fingerprint density at radius 3 is 2.65 bits per heavy atom. The molecule has 0 radical (unpaired) electrons. The molecule has 2 amide bonds. The van der Waals surface area contributed by atoms with Gasteiger partial charge in [0.05, 0.1) is 41.7 Å². The van der Waals surface area contributed by atoms with E-state index in [0.29, 0.717) is 35.9 Å². The summed E-state index contributed by atoms with van der Waals surface area (Å²) in [6.07, 6.45) is 0.716. The average Bonchev–Trinajstić information content (AvgIpc) is 3.76. The lowest BCUT2D eigenvalue weighted by Gasteiger charge is -2.31. The van der Waals surface area contributed by atoms with Gasteiger partial charge >= 0.3 is 6.09 Å². The molecule has 12 nitrogen and oxygen atoms in total. The first kappa shape index (κ1) is 35.8. The predicted octanol–water partition coefficient (Wildman–Crippen LogP) is 3.72. The quantitative estimate of drug-likeness (QED) is 0.206. The SMILES string of the molecule is CCC(C)CN/C=C1\C(=O)Nc2ccc(S(=O)(=O)N(CC(C)C)CC(O)C(Cc3ccccc3)NC(=O)OC3COC4OCCC34)cc21. The summed E-state index contributed by atoms with van der Waals surface area (Å²) >= 11 is 0. The van der Waals surface area contributed by atoms with E-state index in [0.717, 1.165) is 18.4 Å². The molecular formula is C35H48N4O8S. The summed E-state index contributed by atoms with van der Waals surface area (Å²) in [5.41, 5.74) is 2.22. The monoisotopic (exact) mass is 684 g/mol. The van der Waals surface area contributed by atoms with E-state index >= 15 is 0 Å². The van der Waals surface area contributed by atoms with E-state index in [-0.39, 0.29) is 55.0 Å². The fourth-order valence-corrected chi connectivity index (χ4v) is 7.81. The molecule has 2 fully saturated rings. The third-order valence-corrected chi connectivity index (χ3v) is 10.9. The summed E-state index contributed by atoms with van der Waals surface area (Å²) < 4.78 is 46.5. The van der Waals surface area contributed by atoms with E-state index in [1.165, 1.54) is 16.4 Å². The maximum atomic E-state index is 14.2. The number of sulfonamides is 1. The van der Waals surface area contributed by atoms with E-state index in [2.05, 4.69) is 29.8 Å². The van der Waals surface area contributed by atoms with Crippen molar-refractivity contribution < 1.29 is 37.3 Å². The second-order valence-electron chi connectivity index (χ2n) is 13.3. The Morgan fingerprint density at radius 1 is 1.15 bits per heavy atom. The van der Waals surface area contributed by atoms with E-state index in [4.69, 9.17) is 14.2 Å². The Kier molecular flexibility index (Phi) is 11.8. The molecule has 0 aromatic heterocycles. The molecule has 6 atom stereocenters. The third-order valence-electron chi connectivity index (χ3n) is 9.09. The van der Waals surface area contributed by atoms with Gasteiger partial charge in [-0.25, -0.2) is 13.2 Å². The molecule has 2 aromatic carbocycles. The topological polar surface area (TPSA) is 156 Å². The Hall–Kier alpha value is -3.49. The molecule has 0 saturated carbocycles. The second kappa shape index (κ2) is 15.8. The average molecular weight is 685 g/mol. The van der Waals surface area contributed by atoms with Crippen LogP contribution in [0.1, 0.15) is 51.7 Å². The van der Waals surface area contributed by atoms with Crippen LogP contribution in [0, 0.1) is 17.8 Å². The number of rotatable bonds is 15. The lowest BCUT2D eigenvalue weighted by molar-refractivity contribution is -0.110. The number of anilines is 1. The largest absolute Gasteiger partial charge is 0.443 e. The Labute approximate surface area is 283 Å². The summed E-state index contributed by atoms with van der Waals surface area (Å²) in [5, 5.41) is 20.4. The highest BCUT2D eigenvalue weighted by Gasteiger charge is 2.44. The number of benzene rings is 2. The predicted molar refractivity (Wildman–Crippen MR) is 181 cm³/mol. The molecule has 3 heterocycles. The first-order chi connectivity index (χ1) is 23.0. The normalized spacial score (nSPS) is 23.1. The van der Waals surface area contributed by atoms with Gasteiger partial charge in [0.2, 0.25) is 10.0 Å². The molecule has 4 N–H and O–H groups in total. The Balaban J connectivity index is 1.35. The van der Waals surface area contributed by atoms with Gasteiger partial charge < -0.3 is 35.3 Å². The molecule has 0 aliphatic carbocycles. The lowest BCUT2D eigenvalue weighted by Crippen LogP contribution is -2.51. The van der Waals surface area contributed by atoms with Crippen LogP contribution in [-0.2, 0) is 35.4 Å². The highest BCUT2D eigenvalue weighted by Crippen LogP contribution is 2.35. The number of fused-ring (bicyclic) bond motifs is 2. The van der Waals surface area contributed by atoms with Crippen molar-refractivity contribution in [2.24, 2.45) is 17.8 Å². The minimum atomic E-state index is -4.14. The van der Waals surface area contributed by atoms with Crippen molar-refractivity contribution in [2.75, 3.05) is 38.2 Å². The number of carbonyl (C=O) groups is 2. The van der Waals surface area contributed by atoms with Crippen LogP contribution in [0.4, 0.5) is 10.5 Å². The van der Waals surface area contributed by atoms with Gasteiger partial charge in [0, 0.05) is 37.1 Å². The van der Waals surface area contributed by atoms with Gasteiger partial charge in [-0.1, -0.05) is 64.4 Å². The standard InChI is InChI=1S/C35H48N4O8S/c1-5-23(4)17-36-18-28-27-16-25(11-12-29(27)37-33(28)41)48(43,44)39(19-22(2)3)20-31(40)30(15-24-9-7-6-8-10-24)38-35(42)47-32-21-46-34-26(32)13-14-45-34/h6-12,16,18,22-23,26,30-32,34,36,40H,5,13-15,17,19-21H2,1-4H3,(H,37,41)(H,38,42)/b28-18-. The van der Waals surface area contributed by atoms with E-state index in [1.54, 1.807) is 12.3 Å².